The molecule has 5 heterocycles. The van der Waals surface area contributed by atoms with E-state index in [-0.39, 0.29) is 5.82 Å². The summed E-state index contributed by atoms with van der Waals surface area (Å²) in [4.78, 5) is 16.7. The first kappa shape index (κ1) is 19.2. The predicted octanol–water partition coefficient (Wildman–Crippen LogP) is 0.472. The number of rotatable bonds is 5. The smallest absolute Gasteiger partial charge is 0.167 e. The molecule has 4 aromatic rings. The molecule has 5 rings (SSSR count). The van der Waals surface area contributed by atoms with Gasteiger partial charge in [-0.3, -0.25) is 4.57 Å². The topological polar surface area (TPSA) is 150 Å². The number of aliphatic hydroxyl groups excluding tert-OH is 2. The molecular weight excluding hydrogens is 408 g/mol. The zero-order chi connectivity index (χ0) is 20.8. The van der Waals surface area contributed by atoms with E-state index in [0.29, 0.717) is 22.8 Å². The Morgan fingerprint density at radius 1 is 1.17 bits per heavy atom. The highest BCUT2D eigenvalue weighted by Gasteiger charge is 2.44. The van der Waals surface area contributed by atoms with Gasteiger partial charge in [0.25, 0.3) is 0 Å². The van der Waals surface area contributed by atoms with Crippen LogP contribution in [-0.4, -0.2) is 68.6 Å². The first-order chi connectivity index (χ1) is 14.5. The SMILES string of the molecule is Cc1nn(CSCC2OC(n3cnc4c(N)ncnc43)C(O)C2O)c2ncccc12. The lowest BCUT2D eigenvalue weighted by molar-refractivity contribution is -0.0289. The van der Waals surface area contributed by atoms with Crippen LogP contribution in [-0.2, 0) is 10.6 Å². The number of aryl methyl sites for hydroxylation is 1. The van der Waals surface area contributed by atoms with Gasteiger partial charge in [-0.15, -0.1) is 11.8 Å². The Balaban J connectivity index is 1.29. The number of anilines is 1. The molecule has 11 nitrogen and oxygen atoms in total. The summed E-state index contributed by atoms with van der Waals surface area (Å²) >= 11 is 1.54. The van der Waals surface area contributed by atoms with Crippen LogP contribution in [0, 0.1) is 6.92 Å². The summed E-state index contributed by atoms with van der Waals surface area (Å²) in [6.45, 7) is 1.95. The quantitative estimate of drug-likeness (QED) is 0.409. The number of hydrogen-bond acceptors (Lipinski definition) is 10. The van der Waals surface area contributed by atoms with E-state index < -0.39 is 24.5 Å². The summed E-state index contributed by atoms with van der Waals surface area (Å²) in [5, 5.41) is 26.6. The third-order valence-corrected chi connectivity index (χ3v) is 6.18. The largest absolute Gasteiger partial charge is 0.387 e. The summed E-state index contributed by atoms with van der Waals surface area (Å²) in [7, 11) is 0. The van der Waals surface area contributed by atoms with Gasteiger partial charge in [0.05, 0.1) is 24.0 Å². The first-order valence-electron chi connectivity index (χ1n) is 9.35. The van der Waals surface area contributed by atoms with Crippen LogP contribution in [0.4, 0.5) is 5.82 Å². The lowest BCUT2D eigenvalue weighted by Gasteiger charge is -2.16. The van der Waals surface area contributed by atoms with Gasteiger partial charge in [0, 0.05) is 17.3 Å². The number of ether oxygens (including phenoxy) is 1. The van der Waals surface area contributed by atoms with Crippen molar-refractivity contribution in [1.29, 1.82) is 0 Å². The molecule has 0 aliphatic carbocycles. The van der Waals surface area contributed by atoms with E-state index in [4.69, 9.17) is 10.5 Å². The number of nitrogens with two attached hydrogens (primary N) is 1. The van der Waals surface area contributed by atoms with E-state index in [2.05, 4.69) is 25.0 Å². The van der Waals surface area contributed by atoms with E-state index >= 15 is 0 Å². The maximum atomic E-state index is 10.6. The van der Waals surface area contributed by atoms with Crippen LogP contribution in [0.1, 0.15) is 11.9 Å². The minimum atomic E-state index is -1.13. The van der Waals surface area contributed by atoms with Gasteiger partial charge in [-0.05, 0) is 19.1 Å². The Morgan fingerprint density at radius 3 is 2.90 bits per heavy atom. The number of fused-ring (bicyclic) bond motifs is 2. The molecular formula is C18H20N8O3S. The van der Waals surface area contributed by atoms with E-state index in [9.17, 15) is 10.2 Å². The fourth-order valence-corrected chi connectivity index (χ4v) is 4.63. The van der Waals surface area contributed by atoms with Crippen molar-refractivity contribution < 1.29 is 14.9 Å². The minimum absolute atomic E-state index is 0.245. The number of thioether (sulfide) groups is 1. The standard InChI is InChI=1S/C18H20N8O3S/c1-9-10-3-2-4-20-16(10)26(24-9)8-30-5-11-13(27)14(28)18(29-11)25-7-23-12-15(19)21-6-22-17(12)25/h2-4,6-7,11,13-14,18,27-28H,5,8H2,1H3,(H2,19,21,22). The lowest BCUT2D eigenvalue weighted by atomic mass is 10.1. The molecule has 1 aliphatic heterocycles. The third kappa shape index (κ3) is 3.08. The van der Waals surface area contributed by atoms with Gasteiger partial charge in [-0.1, -0.05) is 0 Å². The molecule has 0 spiro atoms. The number of aromatic nitrogens is 7. The Hall–Kier alpha value is -2.80. The molecule has 4 aromatic heterocycles. The van der Waals surface area contributed by atoms with Gasteiger partial charge in [0.15, 0.2) is 23.3 Å². The van der Waals surface area contributed by atoms with Gasteiger partial charge in [0.2, 0.25) is 0 Å². The van der Waals surface area contributed by atoms with E-state index in [1.807, 2.05) is 23.7 Å². The molecule has 4 atom stereocenters. The van der Waals surface area contributed by atoms with Crippen LogP contribution in [0.25, 0.3) is 22.2 Å². The number of hydrogen-bond donors (Lipinski definition) is 3. The van der Waals surface area contributed by atoms with Gasteiger partial charge >= 0.3 is 0 Å². The highest BCUT2D eigenvalue weighted by molar-refractivity contribution is 7.98. The van der Waals surface area contributed by atoms with Crippen molar-refractivity contribution >= 4 is 39.8 Å². The molecule has 4 N–H and O–H groups in total. The second-order valence-corrected chi connectivity index (χ2v) is 8.09. The Labute approximate surface area is 174 Å². The summed E-state index contributed by atoms with van der Waals surface area (Å²) in [6, 6.07) is 3.87. The molecule has 1 fully saturated rings. The zero-order valence-corrected chi connectivity index (χ0v) is 16.8. The van der Waals surface area contributed by atoms with Gasteiger partial charge in [-0.2, -0.15) is 5.10 Å². The van der Waals surface area contributed by atoms with Crippen LogP contribution in [0.15, 0.2) is 31.0 Å². The molecule has 0 aromatic carbocycles. The molecule has 12 heteroatoms. The summed E-state index contributed by atoms with van der Waals surface area (Å²) in [5.74, 6) is 1.26. The second-order valence-electron chi connectivity index (χ2n) is 7.09. The van der Waals surface area contributed by atoms with Crippen molar-refractivity contribution in [3.63, 3.8) is 0 Å². The molecule has 1 saturated heterocycles. The van der Waals surface area contributed by atoms with Crippen molar-refractivity contribution in [1.82, 2.24) is 34.3 Å². The van der Waals surface area contributed by atoms with Crippen LogP contribution in [0.5, 0.6) is 0 Å². The third-order valence-electron chi connectivity index (χ3n) is 5.19. The molecule has 30 heavy (non-hydrogen) atoms. The second kappa shape index (κ2) is 7.47. The van der Waals surface area contributed by atoms with E-state index in [0.717, 1.165) is 16.7 Å². The van der Waals surface area contributed by atoms with Crippen LogP contribution >= 0.6 is 11.8 Å². The van der Waals surface area contributed by atoms with Crippen molar-refractivity contribution in [3.05, 3.63) is 36.7 Å². The predicted molar refractivity (Wildman–Crippen MR) is 110 cm³/mol. The van der Waals surface area contributed by atoms with Crippen LogP contribution in [0.2, 0.25) is 0 Å². The highest BCUT2D eigenvalue weighted by atomic mass is 32.2. The number of nitrogens with zero attached hydrogens (tertiary/aromatic N) is 7. The van der Waals surface area contributed by atoms with Crippen molar-refractivity contribution in [3.8, 4) is 0 Å². The normalized spacial score (nSPS) is 24.2. The lowest BCUT2D eigenvalue weighted by Crippen LogP contribution is -2.32. The van der Waals surface area contributed by atoms with Crippen molar-refractivity contribution in [2.45, 2.75) is 37.3 Å². The Kier molecular flexibility index (Phi) is 4.77. The summed E-state index contributed by atoms with van der Waals surface area (Å²) < 4.78 is 9.36. The van der Waals surface area contributed by atoms with Crippen molar-refractivity contribution in [2.75, 3.05) is 11.5 Å². The van der Waals surface area contributed by atoms with Crippen molar-refractivity contribution in [2.24, 2.45) is 0 Å². The molecule has 1 aliphatic rings. The van der Waals surface area contributed by atoms with E-state index in [1.54, 1.807) is 10.8 Å². The van der Waals surface area contributed by atoms with Gasteiger partial charge in [-0.25, -0.2) is 24.6 Å². The molecule has 0 bridgehead atoms. The Bertz CT molecular complexity index is 1210. The maximum Gasteiger partial charge on any atom is 0.167 e. The zero-order valence-electron chi connectivity index (χ0n) is 16.0. The number of pyridine rings is 1. The van der Waals surface area contributed by atoms with E-state index in [1.165, 1.54) is 24.4 Å². The average molecular weight is 428 g/mol. The highest BCUT2D eigenvalue weighted by Crippen LogP contribution is 2.33. The monoisotopic (exact) mass is 428 g/mol. The molecule has 0 saturated carbocycles. The molecule has 4 unspecified atom stereocenters. The maximum absolute atomic E-state index is 10.6. The summed E-state index contributed by atoms with van der Waals surface area (Å²) in [6.07, 6.45) is 0.983. The summed E-state index contributed by atoms with van der Waals surface area (Å²) in [5.41, 5.74) is 8.42. The van der Waals surface area contributed by atoms with Crippen LogP contribution in [0.3, 0.4) is 0 Å². The average Bonchev–Trinajstić information content (AvgIpc) is 3.40. The van der Waals surface area contributed by atoms with Gasteiger partial charge < -0.3 is 20.7 Å². The minimum Gasteiger partial charge on any atom is -0.387 e. The van der Waals surface area contributed by atoms with Crippen LogP contribution < -0.4 is 5.73 Å². The molecule has 0 radical (unpaired) electrons. The fraction of sp³-hybridized carbons (Fsp3) is 0.389. The fourth-order valence-electron chi connectivity index (χ4n) is 3.67. The number of nitrogen functional groups attached to an aromatic ring is 1. The first-order valence-corrected chi connectivity index (χ1v) is 10.5. The number of aliphatic hydroxyl groups is 2. The Morgan fingerprint density at radius 2 is 2.03 bits per heavy atom. The molecule has 0 amide bonds. The van der Waals surface area contributed by atoms with Gasteiger partial charge in [0.1, 0.15) is 24.1 Å². The number of imidazole rings is 1. The molecule has 156 valence electrons.